The van der Waals surface area contributed by atoms with Crippen molar-refractivity contribution in [2.24, 2.45) is 11.8 Å². The number of benzene rings is 2. The zero-order chi connectivity index (χ0) is 41.5. The van der Waals surface area contributed by atoms with Gasteiger partial charge in [-0.15, -0.1) is 0 Å². The van der Waals surface area contributed by atoms with Crippen molar-refractivity contribution in [2.45, 2.75) is 89.8 Å². The molecule has 1 saturated carbocycles. The number of carbonyl (C=O) groups excluding carboxylic acids is 2. The number of nitrogens with one attached hydrogen (secondary N) is 1. The number of hydrogen-bond acceptors (Lipinski definition) is 8. The van der Waals surface area contributed by atoms with Crippen molar-refractivity contribution in [3.63, 3.8) is 0 Å². The van der Waals surface area contributed by atoms with Crippen LogP contribution in [0.4, 0.5) is 18.9 Å². The molecule has 0 aromatic heterocycles. The van der Waals surface area contributed by atoms with Crippen LogP contribution < -0.4 is 10.2 Å². The fraction of sp³-hybridized carbons (Fsp3) is 0.600. The largest absolute Gasteiger partial charge is 0.389 e. The number of Topliss-reactive ketones (excluding diaryl/α,β-unsaturated/α-hetero) is 1. The maximum absolute atomic E-state index is 12.2. The zero-order valence-electron chi connectivity index (χ0n) is 33.9. The first-order valence-electron chi connectivity index (χ1n) is 21.0. The summed E-state index contributed by atoms with van der Waals surface area (Å²) in [5.41, 5.74) is 4.67. The van der Waals surface area contributed by atoms with Gasteiger partial charge in [-0.3, -0.25) is 24.3 Å². The molecule has 2 aromatic carbocycles. The van der Waals surface area contributed by atoms with E-state index in [4.69, 9.17) is 16.9 Å². The number of piperidine rings is 1. The smallest absolute Gasteiger partial charge is 0.368 e. The van der Waals surface area contributed by atoms with Crippen molar-refractivity contribution in [2.75, 3.05) is 76.9 Å². The molecule has 1 amide bonds. The summed E-state index contributed by atoms with van der Waals surface area (Å²) in [6.45, 7) is 12.4. The summed E-state index contributed by atoms with van der Waals surface area (Å²) in [5, 5.41) is 21.8. The second kappa shape index (κ2) is 22.4. The quantitative estimate of drug-likeness (QED) is 0.216. The van der Waals surface area contributed by atoms with Crippen LogP contribution >= 0.6 is 11.6 Å². The van der Waals surface area contributed by atoms with Crippen LogP contribution in [-0.2, 0) is 9.59 Å². The predicted octanol–water partition coefficient (Wildman–Crippen LogP) is 8.08. The summed E-state index contributed by atoms with van der Waals surface area (Å²) < 4.78 is 36.7. The van der Waals surface area contributed by atoms with Gasteiger partial charge in [0.05, 0.1) is 40.9 Å². The number of nitrogens with zero attached hydrogens (tertiary/aromatic N) is 6. The van der Waals surface area contributed by atoms with Crippen LogP contribution in [0.15, 0.2) is 48.5 Å². The monoisotopic (exact) mass is 821 g/mol. The standard InChI is InChI=1S/C24H30F3N3O.C21H29ClN4O/c25-24(26,27)12-8-23(31)29-22-6-4-18(5-7-22)9-13-30-14-10-20(11-15-30)21-3-1-2-19(16-21)17-28;1-17(27)16-25-9-6-18(7-10-25)5-8-24-11-13-26(14-12-24)21-4-2-3-20(22)19(21)15-23/h1-3,10,16,18,22H,4-9,11-15H2,(H,29,31);2-4,18H,5-14,16H2,1H3. The summed E-state index contributed by atoms with van der Waals surface area (Å²) in [6.07, 6.45) is 5.93. The van der Waals surface area contributed by atoms with Gasteiger partial charge in [-0.05, 0) is 138 Å². The molecular weight excluding hydrogens is 763 g/mol. The molecule has 0 unspecified atom stereocenters. The summed E-state index contributed by atoms with van der Waals surface area (Å²) >= 11 is 6.17. The van der Waals surface area contributed by atoms with E-state index in [1.54, 1.807) is 13.0 Å². The van der Waals surface area contributed by atoms with Gasteiger partial charge in [0.1, 0.15) is 11.9 Å². The lowest BCUT2D eigenvalue weighted by Crippen LogP contribution is -2.47. The highest BCUT2D eigenvalue weighted by atomic mass is 35.5. The van der Waals surface area contributed by atoms with Crippen LogP contribution in [0, 0.1) is 34.5 Å². The van der Waals surface area contributed by atoms with Crippen molar-refractivity contribution in [3.05, 3.63) is 70.3 Å². The van der Waals surface area contributed by atoms with E-state index in [1.165, 1.54) is 24.8 Å². The van der Waals surface area contributed by atoms with Crippen molar-refractivity contribution >= 4 is 34.6 Å². The van der Waals surface area contributed by atoms with E-state index >= 15 is 0 Å². The Balaban J connectivity index is 0.000000223. The number of halogens is 4. The van der Waals surface area contributed by atoms with Gasteiger partial charge >= 0.3 is 6.18 Å². The molecule has 1 aliphatic carbocycles. The summed E-state index contributed by atoms with van der Waals surface area (Å²) in [4.78, 5) is 32.5. The van der Waals surface area contributed by atoms with E-state index in [9.17, 15) is 28.0 Å². The molecule has 2 saturated heterocycles. The van der Waals surface area contributed by atoms with E-state index in [0.29, 0.717) is 28.6 Å². The first-order valence-corrected chi connectivity index (χ1v) is 21.4. The van der Waals surface area contributed by atoms with Gasteiger partial charge in [0.25, 0.3) is 0 Å². The van der Waals surface area contributed by atoms with Gasteiger partial charge < -0.3 is 10.2 Å². The number of amides is 1. The molecule has 0 spiro atoms. The topological polar surface area (TPSA) is 107 Å². The second-order valence-corrected chi connectivity index (χ2v) is 16.9. The molecule has 0 atom stereocenters. The SMILES string of the molecule is CC(=O)CN1CCC(CCN2CCN(c3cccc(Cl)c3C#N)CC2)CC1.N#Cc1cccc(C2=CCN(CCC3CCC(NC(=O)CCC(F)(F)F)CC3)CC2)c1. The minimum Gasteiger partial charge on any atom is -0.368 e. The van der Waals surface area contributed by atoms with Crippen molar-refractivity contribution in [1.29, 1.82) is 10.5 Å². The maximum Gasteiger partial charge on any atom is 0.389 e. The number of alkyl halides is 3. The Bertz CT molecular complexity index is 1770. The van der Waals surface area contributed by atoms with Gasteiger partial charge in [-0.1, -0.05) is 35.9 Å². The molecule has 0 radical (unpaired) electrons. The molecule has 3 fully saturated rings. The number of hydrogen-bond donors (Lipinski definition) is 1. The average Bonchev–Trinajstić information content (AvgIpc) is 3.22. The molecule has 3 aliphatic heterocycles. The minimum absolute atomic E-state index is 0.0154. The van der Waals surface area contributed by atoms with Crippen LogP contribution in [0.25, 0.3) is 5.57 Å². The molecule has 9 nitrogen and oxygen atoms in total. The Morgan fingerprint density at radius 2 is 1.50 bits per heavy atom. The number of rotatable bonds is 13. The normalized spacial score (nSPS) is 21.2. The average molecular weight is 822 g/mol. The van der Waals surface area contributed by atoms with E-state index in [0.717, 1.165) is 121 Å². The van der Waals surface area contributed by atoms with Gasteiger partial charge in [0.15, 0.2) is 0 Å². The van der Waals surface area contributed by atoms with Gasteiger partial charge in [-0.2, -0.15) is 23.7 Å². The fourth-order valence-electron chi connectivity index (χ4n) is 8.69. The van der Waals surface area contributed by atoms with Crippen LogP contribution in [0.2, 0.25) is 5.02 Å². The molecule has 314 valence electrons. The molecule has 13 heteroatoms. The minimum atomic E-state index is -4.28. The number of likely N-dealkylation sites (tertiary alicyclic amines) is 1. The number of anilines is 1. The third kappa shape index (κ3) is 14.7. The number of carbonyl (C=O) groups is 2. The van der Waals surface area contributed by atoms with Crippen LogP contribution in [0.1, 0.15) is 94.2 Å². The molecule has 4 aliphatic rings. The summed E-state index contributed by atoms with van der Waals surface area (Å²) in [6, 6.07) is 17.9. The number of nitriles is 2. The molecule has 58 heavy (non-hydrogen) atoms. The Hall–Kier alpha value is -3.94. The molecule has 2 aromatic rings. The van der Waals surface area contributed by atoms with Crippen molar-refractivity contribution < 1.29 is 22.8 Å². The first-order chi connectivity index (χ1) is 27.9. The van der Waals surface area contributed by atoms with E-state index < -0.39 is 24.9 Å². The Morgan fingerprint density at radius 1 is 0.828 bits per heavy atom. The third-order valence-electron chi connectivity index (χ3n) is 12.2. The van der Waals surface area contributed by atoms with Crippen molar-refractivity contribution in [3.8, 4) is 12.1 Å². The van der Waals surface area contributed by atoms with Crippen molar-refractivity contribution in [1.82, 2.24) is 20.0 Å². The Labute approximate surface area is 347 Å². The highest BCUT2D eigenvalue weighted by Crippen LogP contribution is 2.30. The molecule has 1 N–H and O–H groups in total. The number of piperazine rings is 1. The van der Waals surface area contributed by atoms with Gasteiger partial charge in [0.2, 0.25) is 5.91 Å². The zero-order valence-corrected chi connectivity index (χ0v) is 34.7. The highest BCUT2D eigenvalue weighted by molar-refractivity contribution is 6.32. The maximum atomic E-state index is 12.2. The van der Waals surface area contributed by atoms with Gasteiger partial charge in [-0.25, -0.2) is 0 Å². The fourth-order valence-corrected chi connectivity index (χ4v) is 8.91. The molecular formula is C45H59ClF3N7O2. The first kappa shape index (κ1) is 45.1. The molecule has 6 rings (SSSR count). The van der Waals surface area contributed by atoms with Crippen LogP contribution in [0.5, 0.6) is 0 Å². The predicted molar refractivity (Wildman–Crippen MR) is 223 cm³/mol. The van der Waals surface area contributed by atoms with E-state index in [1.807, 2.05) is 30.3 Å². The van der Waals surface area contributed by atoms with Crippen LogP contribution in [0.3, 0.4) is 0 Å². The Morgan fingerprint density at radius 3 is 2.12 bits per heavy atom. The lowest BCUT2D eigenvalue weighted by atomic mass is 9.84. The highest BCUT2D eigenvalue weighted by Gasteiger charge is 2.29. The lowest BCUT2D eigenvalue weighted by Gasteiger charge is -2.38. The molecule has 3 heterocycles. The lowest BCUT2D eigenvalue weighted by molar-refractivity contribution is -0.144. The summed E-state index contributed by atoms with van der Waals surface area (Å²) in [7, 11) is 0. The van der Waals surface area contributed by atoms with Crippen LogP contribution in [-0.4, -0.2) is 111 Å². The third-order valence-corrected chi connectivity index (χ3v) is 12.5. The second-order valence-electron chi connectivity index (χ2n) is 16.4. The number of ketones is 1. The Kier molecular flexibility index (Phi) is 17.5. The molecule has 0 bridgehead atoms. The summed E-state index contributed by atoms with van der Waals surface area (Å²) in [5.74, 6) is 1.17. The van der Waals surface area contributed by atoms with E-state index in [2.05, 4.69) is 49.2 Å². The van der Waals surface area contributed by atoms with E-state index in [-0.39, 0.29) is 11.8 Å². The van der Waals surface area contributed by atoms with Gasteiger partial charge in [0, 0.05) is 51.7 Å².